The Labute approximate surface area is 128 Å². The smallest absolute Gasteiger partial charge is 0.0960 e. The van der Waals surface area contributed by atoms with Gasteiger partial charge in [0.05, 0.1) is 23.0 Å². The van der Waals surface area contributed by atoms with Gasteiger partial charge in [0.15, 0.2) is 0 Å². The fourth-order valence-electron chi connectivity index (χ4n) is 3.01. The quantitative estimate of drug-likeness (QED) is 0.727. The van der Waals surface area contributed by atoms with E-state index in [2.05, 4.69) is 39.4 Å². The molecule has 0 unspecified atom stereocenters. The van der Waals surface area contributed by atoms with E-state index in [9.17, 15) is 0 Å². The second-order valence-corrected chi connectivity index (χ2v) is 5.52. The summed E-state index contributed by atoms with van der Waals surface area (Å²) in [6, 6.07) is 12.5. The molecule has 1 aromatic carbocycles. The van der Waals surface area contributed by atoms with Crippen molar-refractivity contribution in [2.75, 3.05) is 0 Å². The number of nitrogens with zero attached hydrogens (tertiary/aromatic N) is 2. The number of H-pyrrole nitrogens is 1. The molecule has 2 aromatic heterocycles. The maximum absolute atomic E-state index is 5.88. The highest BCUT2D eigenvalue weighted by molar-refractivity contribution is 6.16. The molecule has 4 rings (SSSR count). The molecule has 0 radical (unpaired) electrons. The van der Waals surface area contributed by atoms with E-state index in [0.717, 1.165) is 35.5 Å². The highest BCUT2D eigenvalue weighted by atomic mass is 35.5. The number of rotatable bonds is 2. The van der Waals surface area contributed by atoms with Crippen LogP contribution in [0.1, 0.15) is 16.8 Å². The van der Waals surface area contributed by atoms with E-state index in [0.29, 0.717) is 5.88 Å². The van der Waals surface area contributed by atoms with E-state index in [-0.39, 0.29) is 0 Å². The Balaban J connectivity index is 1.86. The zero-order valence-corrected chi connectivity index (χ0v) is 12.2. The zero-order valence-electron chi connectivity index (χ0n) is 11.4. The summed E-state index contributed by atoms with van der Waals surface area (Å²) in [5.41, 5.74) is 8.07. The average molecular weight is 296 g/mol. The van der Waals surface area contributed by atoms with Crippen LogP contribution in [0.3, 0.4) is 0 Å². The van der Waals surface area contributed by atoms with Crippen molar-refractivity contribution in [3.05, 3.63) is 59.4 Å². The highest BCUT2D eigenvalue weighted by Gasteiger charge is 2.22. The standard InChI is InChI=1S/C17H14ClN3/c18-10-13-9-12(7-8-19-13)16-15-6-5-11-3-1-2-4-14(11)17(15)21-20-16/h1-4,7-9H,5-6,10H2,(H,20,21). The largest absolute Gasteiger partial charge is 0.277 e. The van der Waals surface area contributed by atoms with Gasteiger partial charge in [-0.15, -0.1) is 11.6 Å². The van der Waals surface area contributed by atoms with E-state index in [1.165, 1.54) is 16.7 Å². The lowest BCUT2D eigenvalue weighted by atomic mass is 9.88. The number of aromatic amines is 1. The van der Waals surface area contributed by atoms with Gasteiger partial charge in [-0.2, -0.15) is 5.10 Å². The second kappa shape index (κ2) is 5.01. The Morgan fingerprint density at radius 2 is 2.05 bits per heavy atom. The van der Waals surface area contributed by atoms with Gasteiger partial charge in [0, 0.05) is 22.9 Å². The predicted octanol–water partition coefficient (Wildman–Crippen LogP) is 3.98. The van der Waals surface area contributed by atoms with E-state index >= 15 is 0 Å². The Hall–Kier alpha value is -2.13. The maximum Gasteiger partial charge on any atom is 0.0960 e. The third-order valence-electron chi connectivity index (χ3n) is 4.03. The van der Waals surface area contributed by atoms with Gasteiger partial charge in [-0.05, 0) is 30.5 Å². The number of benzene rings is 1. The first-order chi connectivity index (χ1) is 10.4. The summed E-state index contributed by atoms with van der Waals surface area (Å²) >= 11 is 5.88. The van der Waals surface area contributed by atoms with Crippen LogP contribution in [0.5, 0.6) is 0 Å². The molecule has 3 aromatic rings. The van der Waals surface area contributed by atoms with Gasteiger partial charge in [0.1, 0.15) is 0 Å². The summed E-state index contributed by atoms with van der Waals surface area (Å²) < 4.78 is 0. The molecule has 1 N–H and O–H groups in total. The summed E-state index contributed by atoms with van der Waals surface area (Å²) in [7, 11) is 0. The van der Waals surface area contributed by atoms with Gasteiger partial charge in [0.2, 0.25) is 0 Å². The monoisotopic (exact) mass is 295 g/mol. The van der Waals surface area contributed by atoms with Crippen molar-refractivity contribution >= 4 is 11.6 Å². The molecule has 104 valence electrons. The summed E-state index contributed by atoms with van der Waals surface area (Å²) in [5.74, 6) is 0.420. The fourth-order valence-corrected chi connectivity index (χ4v) is 3.16. The first kappa shape index (κ1) is 12.6. The molecule has 3 nitrogen and oxygen atoms in total. The van der Waals surface area contributed by atoms with Crippen LogP contribution in [0.2, 0.25) is 0 Å². The number of aromatic nitrogens is 3. The first-order valence-electron chi connectivity index (χ1n) is 7.03. The van der Waals surface area contributed by atoms with Crippen molar-refractivity contribution in [2.24, 2.45) is 0 Å². The summed E-state index contributed by atoms with van der Waals surface area (Å²) in [5, 5.41) is 7.76. The van der Waals surface area contributed by atoms with Crippen molar-refractivity contribution in [2.45, 2.75) is 18.7 Å². The van der Waals surface area contributed by atoms with Crippen molar-refractivity contribution in [1.82, 2.24) is 15.2 Å². The molecular weight excluding hydrogens is 282 g/mol. The molecule has 21 heavy (non-hydrogen) atoms. The lowest BCUT2D eigenvalue weighted by Crippen LogP contribution is -2.03. The van der Waals surface area contributed by atoms with Crippen LogP contribution in [0.4, 0.5) is 0 Å². The van der Waals surface area contributed by atoms with Crippen LogP contribution in [0.25, 0.3) is 22.5 Å². The molecule has 0 amide bonds. The van der Waals surface area contributed by atoms with Crippen LogP contribution in [0.15, 0.2) is 42.6 Å². The van der Waals surface area contributed by atoms with Crippen LogP contribution in [-0.2, 0) is 18.7 Å². The van der Waals surface area contributed by atoms with E-state index in [1.54, 1.807) is 6.20 Å². The number of fused-ring (bicyclic) bond motifs is 3. The van der Waals surface area contributed by atoms with Gasteiger partial charge in [-0.25, -0.2) is 0 Å². The minimum absolute atomic E-state index is 0.420. The van der Waals surface area contributed by atoms with E-state index in [4.69, 9.17) is 11.6 Å². The van der Waals surface area contributed by atoms with Crippen molar-refractivity contribution in [3.8, 4) is 22.5 Å². The number of pyridine rings is 1. The lowest BCUT2D eigenvalue weighted by molar-refractivity contribution is 0.943. The maximum atomic E-state index is 5.88. The van der Waals surface area contributed by atoms with Crippen LogP contribution in [-0.4, -0.2) is 15.2 Å². The predicted molar refractivity (Wildman–Crippen MR) is 84.2 cm³/mol. The zero-order chi connectivity index (χ0) is 14.2. The molecule has 2 heterocycles. The number of hydrogen-bond donors (Lipinski definition) is 1. The summed E-state index contributed by atoms with van der Waals surface area (Å²) in [6.07, 6.45) is 3.87. The van der Waals surface area contributed by atoms with Crippen molar-refractivity contribution in [3.63, 3.8) is 0 Å². The Morgan fingerprint density at radius 1 is 1.14 bits per heavy atom. The SMILES string of the molecule is ClCc1cc(-c2n[nH]c3c2CCc2ccccc2-3)ccn1. The third kappa shape index (κ3) is 2.05. The Morgan fingerprint density at radius 3 is 2.95 bits per heavy atom. The molecule has 0 bridgehead atoms. The highest BCUT2D eigenvalue weighted by Crippen LogP contribution is 2.36. The molecule has 1 aliphatic carbocycles. The molecule has 0 saturated carbocycles. The molecular formula is C17H14ClN3. The molecule has 0 saturated heterocycles. The number of aryl methyl sites for hydroxylation is 1. The summed E-state index contributed by atoms with van der Waals surface area (Å²) in [6.45, 7) is 0. The average Bonchev–Trinajstić information content (AvgIpc) is 2.99. The van der Waals surface area contributed by atoms with E-state index < -0.39 is 0 Å². The minimum Gasteiger partial charge on any atom is -0.277 e. The molecule has 0 spiro atoms. The van der Waals surface area contributed by atoms with Crippen LogP contribution in [0, 0.1) is 0 Å². The minimum atomic E-state index is 0.420. The third-order valence-corrected chi connectivity index (χ3v) is 4.30. The Bertz CT molecular complexity index is 807. The molecule has 1 aliphatic rings. The molecule has 4 heteroatoms. The number of halogens is 1. The number of alkyl halides is 1. The lowest BCUT2D eigenvalue weighted by Gasteiger charge is -2.16. The number of nitrogens with one attached hydrogen (secondary N) is 1. The van der Waals surface area contributed by atoms with Gasteiger partial charge in [-0.1, -0.05) is 24.3 Å². The Kier molecular flexibility index (Phi) is 3.00. The first-order valence-corrected chi connectivity index (χ1v) is 7.57. The molecule has 0 atom stereocenters. The van der Waals surface area contributed by atoms with Crippen LogP contribution >= 0.6 is 11.6 Å². The van der Waals surface area contributed by atoms with Gasteiger partial charge in [-0.3, -0.25) is 10.1 Å². The van der Waals surface area contributed by atoms with Gasteiger partial charge in [0.25, 0.3) is 0 Å². The number of hydrogen-bond acceptors (Lipinski definition) is 2. The van der Waals surface area contributed by atoms with Crippen molar-refractivity contribution in [1.29, 1.82) is 0 Å². The second-order valence-electron chi connectivity index (χ2n) is 5.25. The van der Waals surface area contributed by atoms with Gasteiger partial charge >= 0.3 is 0 Å². The fraction of sp³-hybridized carbons (Fsp3) is 0.176. The topological polar surface area (TPSA) is 41.6 Å². The van der Waals surface area contributed by atoms with E-state index in [1.807, 2.05) is 12.1 Å². The van der Waals surface area contributed by atoms with Gasteiger partial charge < -0.3 is 0 Å². The summed E-state index contributed by atoms with van der Waals surface area (Å²) in [4.78, 5) is 4.25. The molecule has 0 fully saturated rings. The normalized spacial score (nSPS) is 12.8. The van der Waals surface area contributed by atoms with Crippen molar-refractivity contribution < 1.29 is 0 Å². The van der Waals surface area contributed by atoms with Crippen LogP contribution < -0.4 is 0 Å². The molecule has 0 aliphatic heterocycles.